The minimum absolute atomic E-state index is 0.154. The van der Waals surface area contributed by atoms with Gasteiger partial charge in [-0.15, -0.1) is 0 Å². The van der Waals surface area contributed by atoms with Crippen molar-refractivity contribution in [3.8, 4) is 0 Å². The molecule has 0 aliphatic carbocycles. The van der Waals surface area contributed by atoms with Gasteiger partial charge in [-0.1, -0.05) is 30.3 Å². The largest absolute Gasteiger partial charge is 0.481 e. The normalized spacial score (nSPS) is 22.0. The van der Waals surface area contributed by atoms with Crippen LogP contribution in [0.2, 0.25) is 0 Å². The molecule has 0 saturated carbocycles. The first-order valence-corrected chi connectivity index (χ1v) is 6.12. The fourth-order valence-electron chi connectivity index (χ4n) is 2.41. The molecule has 3 nitrogen and oxygen atoms in total. The predicted molar refractivity (Wildman–Crippen MR) is 64.8 cm³/mol. The smallest absolute Gasteiger partial charge is 0.307 e. The Morgan fingerprint density at radius 2 is 2.18 bits per heavy atom. The summed E-state index contributed by atoms with van der Waals surface area (Å²) >= 11 is 0. The van der Waals surface area contributed by atoms with E-state index in [-0.39, 0.29) is 11.8 Å². The molecule has 1 aromatic rings. The summed E-state index contributed by atoms with van der Waals surface area (Å²) in [6.45, 7) is 1.36. The lowest BCUT2D eigenvalue weighted by atomic mass is 9.83. The van der Waals surface area contributed by atoms with E-state index in [1.165, 1.54) is 0 Å². The molecule has 2 rings (SSSR count). The maximum atomic E-state index is 11.3. The zero-order valence-corrected chi connectivity index (χ0v) is 9.84. The van der Waals surface area contributed by atoms with Crippen molar-refractivity contribution in [3.63, 3.8) is 0 Å². The van der Waals surface area contributed by atoms with Gasteiger partial charge in [0.05, 0.1) is 12.5 Å². The number of aliphatic carboxylic acids is 1. The van der Waals surface area contributed by atoms with Crippen LogP contribution < -0.4 is 0 Å². The zero-order chi connectivity index (χ0) is 12.1. The number of ether oxygens (including phenoxy) is 1. The fourth-order valence-corrected chi connectivity index (χ4v) is 2.41. The van der Waals surface area contributed by atoms with Crippen LogP contribution in [0.4, 0.5) is 0 Å². The summed E-state index contributed by atoms with van der Waals surface area (Å²) in [4.78, 5) is 11.3. The van der Waals surface area contributed by atoms with Crippen LogP contribution in [0.25, 0.3) is 0 Å². The van der Waals surface area contributed by atoms with Gasteiger partial charge in [0.1, 0.15) is 0 Å². The maximum Gasteiger partial charge on any atom is 0.307 e. The van der Waals surface area contributed by atoms with Crippen molar-refractivity contribution in [1.82, 2.24) is 0 Å². The Morgan fingerprint density at radius 3 is 2.76 bits per heavy atom. The number of hydrogen-bond donors (Lipinski definition) is 1. The van der Waals surface area contributed by atoms with Gasteiger partial charge < -0.3 is 9.84 Å². The number of carbonyl (C=O) groups is 1. The van der Waals surface area contributed by atoms with E-state index in [0.29, 0.717) is 13.0 Å². The number of carboxylic acid groups (broad SMARTS) is 1. The maximum absolute atomic E-state index is 11.3. The van der Waals surface area contributed by atoms with Gasteiger partial charge in [-0.25, -0.2) is 0 Å². The molecule has 1 aromatic carbocycles. The molecular formula is C14H18O3. The molecule has 17 heavy (non-hydrogen) atoms. The first-order valence-electron chi connectivity index (χ1n) is 6.12. The quantitative estimate of drug-likeness (QED) is 0.870. The van der Waals surface area contributed by atoms with Gasteiger partial charge in [0, 0.05) is 6.61 Å². The van der Waals surface area contributed by atoms with Crippen LogP contribution in [0.3, 0.4) is 0 Å². The Balaban J connectivity index is 2.04. The number of rotatable bonds is 4. The van der Waals surface area contributed by atoms with E-state index in [2.05, 4.69) is 0 Å². The molecule has 2 unspecified atom stereocenters. The van der Waals surface area contributed by atoms with E-state index in [9.17, 15) is 9.90 Å². The van der Waals surface area contributed by atoms with Crippen LogP contribution >= 0.6 is 0 Å². The van der Waals surface area contributed by atoms with Crippen LogP contribution in [0.5, 0.6) is 0 Å². The lowest BCUT2D eigenvalue weighted by molar-refractivity contribution is -0.145. The highest BCUT2D eigenvalue weighted by molar-refractivity contribution is 5.70. The highest BCUT2D eigenvalue weighted by atomic mass is 16.5. The van der Waals surface area contributed by atoms with Crippen molar-refractivity contribution >= 4 is 5.97 Å². The molecule has 1 heterocycles. The second kappa shape index (κ2) is 5.82. The summed E-state index contributed by atoms with van der Waals surface area (Å²) in [7, 11) is 0. The first-order chi connectivity index (χ1) is 8.27. The third-order valence-electron chi connectivity index (χ3n) is 3.38. The molecule has 1 N–H and O–H groups in total. The summed E-state index contributed by atoms with van der Waals surface area (Å²) in [5.74, 6) is -0.872. The molecule has 92 valence electrons. The molecule has 0 radical (unpaired) electrons. The van der Waals surface area contributed by atoms with E-state index in [1.54, 1.807) is 0 Å². The van der Waals surface area contributed by atoms with E-state index in [4.69, 9.17) is 4.74 Å². The van der Waals surface area contributed by atoms with Crippen molar-refractivity contribution < 1.29 is 14.6 Å². The van der Waals surface area contributed by atoms with Crippen molar-refractivity contribution in [2.24, 2.45) is 11.8 Å². The van der Waals surface area contributed by atoms with Crippen LogP contribution in [0.1, 0.15) is 18.4 Å². The fraction of sp³-hybridized carbons (Fsp3) is 0.500. The van der Waals surface area contributed by atoms with E-state index in [0.717, 1.165) is 25.0 Å². The third-order valence-corrected chi connectivity index (χ3v) is 3.38. The second-order valence-corrected chi connectivity index (χ2v) is 4.61. The highest BCUT2D eigenvalue weighted by Crippen LogP contribution is 2.25. The van der Waals surface area contributed by atoms with Crippen LogP contribution in [-0.4, -0.2) is 24.3 Å². The predicted octanol–water partition coefficient (Wildman–Crippen LogP) is 2.36. The van der Waals surface area contributed by atoms with E-state index in [1.807, 2.05) is 30.3 Å². The number of carboxylic acids is 1. The second-order valence-electron chi connectivity index (χ2n) is 4.61. The lowest BCUT2D eigenvalue weighted by Crippen LogP contribution is -2.32. The molecule has 1 aliphatic rings. The van der Waals surface area contributed by atoms with Gasteiger partial charge in [0.25, 0.3) is 0 Å². The molecule has 2 atom stereocenters. The summed E-state index contributed by atoms with van der Waals surface area (Å²) in [6, 6.07) is 9.82. The molecule has 0 amide bonds. The Morgan fingerprint density at radius 1 is 1.41 bits per heavy atom. The van der Waals surface area contributed by atoms with Crippen LogP contribution in [0, 0.1) is 11.8 Å². The Bertz CT molecular complexity index is 355. The minimum atomic E-state index is -0.704. The SMILES string of the molecule is O=C(O)C(Cc1ccccc1)C1CCCOC1. The lowest BCUT2D eigenvalue weighted by Gasteiger charge is -2.27. The Kier molecular flexibility index (Phi) is 4.15. The zero-order valence-electron chi connectivity index (χ0n) is 9.84. The average molecular weight is 234 g/mol. The summed E-state index contributed by atoms with van der Waals surface area (Å²) in [5.41, 5.74) is 1.09. The Hall–Kier alpha value is -1.35. The molecular weight excluding hydrogens is 216 g/mol. The monoisotopic (exact) mass is 234 g/mol. The standard InChI is InChI=1S/C14H18O3/c15-14(16)13(12-7-4-8-17-10-12)9-11-5-2-1-3-6-11/h1-3,5-6,12-13H,4,7-10H2,(H,15,16). The van der Waals surface area contributed by atoms with Gasteiger partial charge in [-0.2, -0.15) is 0 Å². The van der Waals surface area contributed by atoms with Crippen molar-refractivity contribution in [2.45, 2.75) is 19.3 Å². The Labute approximate surface area is 101 Å². The molecule has 0 aromatic heterocycles. The van der Waals surface area contributed by atoms with Crippen LogP contribution in [0.15, 0.2) is 30.3 Å². The average Bonchev–Trinajstić information content (AvgIpc) is 2.38. The van der Waals surface area contributed by atoms with Crippen molar-refractivity contribution in [2.75, 3.05) is 13.2 Å². The van der Waals surface area contributed by atoms with Gasteiger partial charge in [0.2, 0.25) is 0 Å². The first kappa shape index (κ1) is 12.1. The van der Waals surface area contributed by atoms with E-state index < -0.39 is 5.97 Å². The highest BCUT2D eigenvalue weighted by Gasteiger charge is 2.29. The summed E-state index contributed by atoms with van der Waals surface area (Å²) < 4.78 is 5.39. The van der Waals surface area contributed by atoms with Crippen molar-refractivity contribution in [1.29, 1.82) is 0 Å². The molecule has 1 fully saturated rings. The molecule has 3 heteroatoms. The van der Waals surface area contributed by atoms with Gasteiger partial charge in [0.15, 0.2) is 0 Å². The topological polar surface area (TPSA) is 46.5 Å². The minimum Gasteiger partial charge on any atom is -0.481 e. The molecule has 0 bridgehead atoms. The van der Waals surface area contributed by atoms with E-state index >= 15 is 0 Å². The van der Waals surface area contributed by atoms with Gasteiger partial charge >= 0.3 is 5.97 Å². The van der Waals surface area contributed by atoms with Gasteiger partial charge in [-0.05, 0) is 30.7 Å². The molecule has 0 spiro atoms. The van der Waals surface area contributed by atoms with Crippen LogP contribution in [-0.2, 0) is 16.0 Å². The molecule has 1 aliphatic heterocycles. The third kappa shape index (κ3) is 3.30. The summed E-state index contributed by atoms with van der Waals surface area (Å²) in [5, 5.41) is 9.33. The van der Waals surface area contributed by atoms with Gasteiger partial charge in [-0.3, -0.25) is 4.79 Å². The summed E-state index contributed by atoms with van der Waals surface area (Å²) in [6.07, 6.45) is 2.54. The molecule has 1 saturated heterocycles. The van der Waals surface area contributed by atoms with Crippen molar-refractivity contribution in [3.05, 3.63) is 35.9 Å². The number of hydrogen-bond acceptors (Lipinski definition) is 2. The number of benzene rings is 1.